The molecule has 0 saturated heterocycles. The highest BCUT2D eigenvalue weighted by atomic mass is 32.2. The molecule has 9 heteroatoms. The van der Waals surface area contributed by atoms with Crippen molar-refractivity contribution in [1.82, 2.24) is 20.1 Å². The van der Waals surface area contributed by atoms with Gasteiger partial charge in [0.2, 0.25) is 5.91 Å². The lowest BCUT2D eigenvalue weighted by molar-refractivity contribution is -0.118. The summed E-state index contributed by atoms with van der Waals surface area (Å²) in [5.74, 6) is 0.720. The first kappa shape index (κ1) is 24.3. The van der Waals surface area contributed by atoms with Gasteiger partial charge in [0.25, 0.3) is 5.91 Å². The van der Waals surface area contributed by atoms with Crippen LogP contribution in [0, 0.1) is 5.92 Å². The number of rotatable bonds is 9. The van der Waals surface area contributed by atoms with Crippen LogP contribution in [-0.2, 0) is 11.8 Å². The molecule has 0 atom stereocenters. The molecule has 0 spiro atoms. The van der Waals surface area contributed by atoms with E-state index in [2.05, 4.69) is 20.8 Å². The van der Waals surface area contributed by atoms with Gasteiger partial charge in [-0.25, -0.2) is 0 Å². The minimum absolute atomic E-state index is 0.0155. The van der Waals surface area contributed by atoms with Crippen molar-refractivity contribution in [2.24, 2.45) is 13.0 Å². The SMILES string of the molecule is Cn1cnnc1Sc1ccc(NC(=O)c2ccccc2SCC(=O)NCC2CCCCC2)cc1. The summed E-state index contributed by atoms with van der Waals surface area (Å²) >= 11 is 2.90. The highest BCUT2D eigenvalue weighted by Crippen LogP contribution is 2.28. The fourth-order valence-corrected chi connectivity index (χ4v) is 5.54. The number of thioether (sulfide) groups is 1. The van der Waals surface area contributed by atoms with Crippen molar-refractivity contribution in [3.8, 4) is 0 Å². The zero-order chi connectivity index (χ0) is 23.8. The first-order valence-electron chi connectivity index (χ1n) is 11.5. The molecule has 3 aromatic rings. The fourth-order valence-electron chi connectivity index (χ4n) is 3.90. The van der Waals surface area contributed by atoms with Crippen molar-refractivity contribution in [3.63, 3.8) is 0 Å². The van der Waals surface area contributed by atoms with Gasteiger partial charge in [-0.05, 0) is 66.9 Å². The van der Waals surface area contributed by atoms with Gasteiger partial charge in [-0.15, -0.1) is 22.0 Å². The molecular formula is C25H29N5O2S2. The van der Waals surface area contributed by atoms with Crippen molar-refractivity contribution in [3.05, 3.63) is 60.4 Å². The topological polar surface area (TPSA) is 88.9 Å². The van der Waals surface area contributed by atoms with Gasteiger partial charge in [-0.2, -0.15) is 0 Å². The number of aromatic nitrogens is 3. The number of carbonyl (C=O) groups excluding carboxylic acids is 2. The normalized spacial score (nSPS) is 14.0. The molecule has 0 aliphatic heterocycles. The molecule has 2 amide bonds. The fraction of sp³-hybridized carbons (Fsp3) is 0.360. The van der Waals surface area contributed by atoms with Crippen LogP contribution in [0.3, 0.4) is 0 Å². The third-order valence-electron chi connectivity index (χ3n) is 5.79. The lowest BCUT2D eigenvalue weighted by Gasteiger charge is -2.21. The summed E-state index contributed by atoms with van der Waals surface area (Å²) in [6.07, 6.45) is 7.91. The third-order valence-corrected chi connectivity index (χ3v) is 7.93. The van der Waals surface area contributed by atoms with E-state index < -0.39 is 0 Å². The minimum atomic E-state index is -0.195. The van der Waals surface area contributed by atoms with Crippen molar-refractivity contribution in [2.45, 2.75) is 47.1 Å². The number of benzene rings is 2. The molecule has 7 nitrogen and oxygen atoms in total. The van der Waals surface area contributed by atoms with Gasteiger partial charge in [0.05, 0.1) is 11.3 Å². The lowest BCUT2D eigenvalue weighted by Crippen LogP contribution is -2.31. The van der Waals surface area contributed by atoms with E-state index in [0.717, 1.165) is 21.5 Å². The van der Waals surface area contributed by atoms with Gasteiger partial charge < -0.3 is 15.2 Å². The second-order valence-corrected chi connectivity index (χ2v) is 10.5. The van der Waals surface area contributed by atoms with Crippen LogP contribution in [0.5, 0.6) is 0 Å². The van der Waals surface area contributed by atoms with Gasteiger partial charge in [-0.3, -0.25) is 9.59 Å². The Balaban J connectivity index is 1.30. The molecule has 1 aliphatic carbocycles. The van der Waals surface area contributed by atoms with Crippen molar-refractivity contribution < 1.29 is 9.59 Å². The highest BCUT2D eigenvalue weighted by molar-refractivity contribution is 8.00. The van der Waals surface area contributed by atoms with E-state index in [-0.39, 0.29) is 11.8 Å². The van der Waals surface area contributed by atoms with E-state index >= 15 is 0 Å². The van der Waals surface area contributed by atoms with E-state index in [1.54, 1.807) is 12.4 Å². The third kappa shape index (κ3) is 6.87. The van der Waals surface area contributed by atoms with Gasteiger partial charge >= 0.3 is 0 Å². The molecule has 0 radical (unpaired) electrons. The first-order chi connectivity index (χ1) is 16.6. The molecule has 1 aliphatic rings. The zero-order valence-electron chi connectivity index (χ0n) is 19.2. The molecule has 0 unspecified atom stereocenters. The predicted octanol–water partition coefficient (Wildman–Crippen LogP) is 5.01. The van der Waals surface area contributed by atoms with Crippen LogP contribution in [-0.4, -0.2) is 38.9 Å². The second-order valence-electron chi connectivity index (χ2n) is 8.40. The van der Waals surface area contributed by atoms with E-state index in [1.165, 1.54) is 55.6 Å². The summed E-state index contributed by atoms with van der Waals surface area (Å²) in [5, 5.41) is 14.8. The highest BCUT2D eigenvalue weighted by Gasteiger charge is 2.16. The van der Waals surface area contributed by atoms with Gasteiger partial charge in [0, 0.05) is 29.1 Å². The maximum absolute atomic E-state index is 12.9. The second kappa shape index (κ2) is 12.1. The van der Waals surface area contributed by atoms with Gasteiger partial charge in [0.15, 0.2) is 5.16 Å². The van der Waals surface area contributed by atoms with E-state index in [1.807, 2.05) is 54.1 Å². The van der Waals surface area contributed by atoms with Gasteiger partial charge in [0.1, 0.15) is 6.33 Å². The average molecular weight is 496 g/mol. The maximum atomic E-state index is 12.9. The van der Waals surface area contributed by atoms with Crippen LogP contribution in [0.1, 0.15) is 42.5 Å². The van der Waals surface area contributed by atoms with Crippen LogP contribution < -0.4 is 10.6 Å². The molecule has 178 valence electrons. The summed E-state index contributed by atoms with van der Waals surface area (Å²) in [4.78, 5) is 27.1. The molecule has 4 rings (SSSR count). The Kier molecular flexibility index (Phi) is 8.65. The standard InChI is InChI=1S/C25H29N5O2S2/c1-30-17-27-29-25(30)34-20-13-11-19(12-14-20)28-24(32)21-9-5-6-10-22(21)33-16-23(31)26-15-18-7-3-2-4-8-18/h5-6,9-14,17-18H,2-4,7-8,15-16H2,1H3,(H,26,31)(H,28,32). The summed E-state index contributed by atoms with van der Waals surface area (Å²) < 4.78 is 1.85. The van der Waals surface area contributed by atoms with Crippen molar-refractivity contribution >= 4 is 41.0 Å². The summed E-state index contributed by atoms with van der Waals surface area (Å²) in [6.45, 7) is 0.756. The van der Waals surface area contributed by atoms with Crippen LogP contribution in [0.15, 0.2) is 69.8 Å². The predicted molar refractivity (Wildman–Crippen MR) is 136 cm³/mol. The number of nitrogens with one attached hydrogen (secondary N) is 2. The molecule has 1 aromatic heterocycles. The number of aryl methyl sites for hydroxylation is 1. The summed E-state index contributed by atoms with van der Waals surface area (Å²) in [7, 11) is 1.90. The number of anilines is 1. The molecule has 2 aromatic carbocycles. The largest absolute Gasteiger partial charge is 0.355 e. The number of amides is 2. The number of hydrogen-bond acceptors (Lipinski definition) is 6. The van der Waals surface area contributed by atoms with Crippen LogP contribution in [0.4, 0.5) is 5.69 Å². The van der Waals surface area contributed by atoms with E-state index in [9.17, 15) is 9.59 Å². The Labute approximate surface area is 208 Å². The van der Waals surface area contributed by atoms with Crippen molar-refractivity contribution in [2.75, 3.05) is 17.6 Å². The molecule has 2 N–H and O–H groups in total. The van der Waals surface area contributed by atoms with Gasteiger partial charge in [-0.1, -0.05) is 31.4 Å². The molecular weight excluding hydrogens is 466 g/mol. The van der Waals surface area contributed by atoms with Crippen LogP contribution >= 0.6 is 23.5 Å². The number of carbonyl (C=O) groups is 2. The van der Waals surface area contributed by atoms with Crippen LogP contribution in [0.2, 0.25) is 0 Å². The Bertz CT molecular complexity index is 1110. The van der Waals surface area contributed by atoms with E-state index in [0.29, 0.717) is 22.9 Å². The zero-order valence-corrected chi connectivity index (χ0v) is 20.8. The maximum Gasteiger partial charge on any atom is 0.256 e. The Hall–Kier alpha value is -2.78. The van der Waals surface area contributed by atoms with Crippen LogP contribution in [0.25, 0.3) is 0 Å². The smallest absolute Gasteiger partial charge is 0.256 e. The lowest BCUT2D eigenvalue weighted by atomic mass is 9.89. The average Bonchev–Trinajstić information content (AvgIpc) is 3.27. The molecule has 1 heterocycles. The minimum Gasteiger partial charge on any atom is -0.355 e. The Morgan fingerprint density at radius 1 is 1.06 bits per heavy atom. The quantitative estimate of drug-likeness (QED) is 0.406. The first-order valence-corrected chi connectivity index (χ1v) is 13.3. The number of nitrogens with zero attached hydrogens (tertiary/aromatic N) is 3. The van der Waals surface area contributed by atoms with E-state index in [4.69, 9.17) is 0 Å². The summed E-state index contributed by atoms with van der Waals surface area (Å²) in [5.41, 5.74) is 1.27. The Morgan fingerprint density at radius 3 is 2.56 bits per heavy atom. The molecule has 0 bridgehead atoms. The molecule has 1 saturated carbocycles. The molecule has 34 heavy (non-hydrogen) atoms. The summed E-state index contributed by atoms with van der Waals surface area (Å²) in [6, 6.07) is 15.0. The van der Waals surface area contributed by atoms with Crippen molar-refractivity contribution in [1.29, 1.82) is 0 Å². The monoisotopic (exact) mass is 495 g/mol. The number of hydrogen-bond donors (Lipinski definition) is 2. The molecule has 1 fully saturated rings. The Morgan fingerprint density at radius 2 is 1.82 bits per heavy atom.